The number of rotatable bonds is 1. The Kier molecular flexibility index (Phi) is 2.49. The lowest BCUT2D eigenvalue weighted by atomic mass is 9.86. The van der Waals surface area contributed by atoms with E-state index in [2.05, 4.69) is 48.8 Å². The molecule has 3 nitrogen and oxygen atoms in total. The van der Waals surface area contributed by atoms with Gasteiger partial charge in [0.1, 0.15) is 0 Å². The largest absolute Gasteiger partial charge is 0.393 e. The van der Waals surface area contributed by atoms with Crippen LogP contribution in [-0.4, -0.2) is 21.0 Å². The van der Waals surface area contributed by atoms with Crippen LogP contribution in [0.15, 0.2) is 24.4 Å². The second kappa shape index (κ2) is 3.82. The highest BCUT2D eigenvalue weighted by Crippen LogP contribution is 2.35. The second-order valence-electron chi connectivity index (χ2n) is 6.39. The van der Waals surface area contributed by atoms with E-state index in [1.807, 2.05) is 6.20 Å². The molecule has 0 radical (unpaired) electrons. The molecular weight excluding hydrogens is 224 g/mol. The van der Waals surface area contributed by atoms with Gasteiger partial charge in [0.15, 0.2) is 0 Å². The number of nitrogens with zero attached hydrogens (tertiary/aromatic N) is 2. The van der Waals surface area contributed by atoms with Crippen LogP contribution in [0, 0.1) is 0 Å². The summed E-state index contributed by atoms with van der Waals surface area (Å²) >= 11 is 0. The molecule has 1 aromatic carbocycles. The van der Waals surface area contributed by atoms with Crippen LogP contribution in [0.4, 0.5) is 0 Å². The molecule has 96 valence electrons. The molecule has 3 heteroatoms. The summed E-state index contributed by atoms with van der Waals surface area (Å²) < 4.78 is 2.08. The Morgan fingerprint density at radius 2 is 2.00 bits per heavy atom. The fourth-order valence-corrected chi connectivity index (χ4v) is 2.55. The Morgan fingerprint density at radius 1 is 1.28 bits per heavy atom. The average molecular weight is 244 g/mol. The van der Waals surface area contributed by atoms with Crippen molar-refractivity contribution in [3.05, 3.63) is 30.0 Å². The summed E-state index contributed by atoms with van der Waals surface area (Å²) in [6.07, 6.45) is 3.44. The zero-order chi connectivity index (χ0) is 12.9. The van der Waals surface area contributed by atoms with Crippen LogP contribution in [0.25, 0.3) is 10.9 Å². The highest BCUT2D eigenvalue weighted by Gasteiger charge is 2.30. The molecule has 0 unspecified atom stereocenters. The Bertz CT molecular complexity index is 574. The van der Waals surface area contributed by atoms with Crippen molar-refractivity contribution in [2.45, 2.75) is 51.2 Å². The third-order valence-electron chi connectivity index (χ3n) is 3.90. The van der Waals surface area contributed by atoms with Gasteiger partial charge in [-0.1, -0.05) is 32.9 Å². The van der Waals surface area contributed by atoms with E-state index in [9.17, 15) is 5.11 Å². The number of aliphatic hydroxyl groups is 1. The summed E-state index contributed by atoms with van der Waals surface area (Å²) in [7, 11) is 0. The number of benzene rings is 1. The SMILES string of the molecule is CC(C)(C)c1ccc2cnn(C3CC(O)C3)c2c1. The minimum Gasteiger partial charge on any atom is -0.393 e. The summed E-state index contributed by atoms with van der Waals surface area (Å²) in [4.78, 5) is 0. The van der Waals surface area contributed by atoms with E-state index in [0.29, 0.717) is 6.04 Å². The lowest BCUT2D eigenvalue weighted by Gasteiger charge is -2.32. The predicted molar refractivity (Wildman–Crippen MR) is 72.7 cm³/mol. The van der Waals surface area contributed by atoms with Crippen molar-refractivity contribution in [2.75, 3.05) is 0 Å². The van der Waals surface area contributed by atoms with Gasteiger partial charge in [-0.25, -0.2) is 0 Å². The van der Waals surface area contributed by atoms with Crippen molar-refractivity contribution < 1.29 is 5.11 Å². The minimum absolute atomic E-state index is 0.139. The van der Waals surface area contributed by atoms with E-state index in [-0.39, 0.29) is 11.5 Å². The predicted octanol–water partition coefficient (Wildman–Crippen LogP) is 3.03. The summed E-state index contributed by atoms with van der Waals surface area (Å²) in [6.45, 7) is 6.67. The smallest absolute Gasteiger partial charge is 0.0688 e. The molecule has 3 rings (SSSR count). The van der Waals surface area contributed by atoms with Crippen LogP contribution in [-0.2, 0) is 5.41 Å². The van der Waals surface area contributed by atoms with Gasteiger partial charge in [0.2, 0.25) is 0 Å². The molecule has 18 heavy (non-hydrogen) atoms. The Morgan fingerprint density at radius 3 is 2.61 bits per heavy atom. The molecule has 1 N–H and O–H groups in total. The second-order valence-corrected chi connectivity index (χ2v) is 6.39. The maximum Gasteiger partial charge on any atom is 0.0688 e. The van der Waals surface area contributed by atoms with E-state index in [4.69, 9.17) is 0 Å². The normalized spacial score (nSPS) is 24.2. The lowest BCUT2D eigenvalue weighted by molar-refractivity contribution is 0.0453. The molecule has 1 aliphatic rings. The van der Waals surface area contributed by atoms with Gasteiger partial charge in [0.25, 0.3) is 0 Å². The molecule has 1 saturated carbocycles. The lowest BCUT2D eigenvalue weighted by Crippen LogP contribution is -2.31. The number of fused-ring (bicyclic) bond motifs is 1. The van der Waals surface area contributed by atoms with Crippen molar-refractivity contribution in [1.29, 1.82) is 0 Å². The van der Waals surface area contributed by atoms with E-state index < -0.39 is 0 Å². The van der Waals surface area contributed by atoms with Crippen molar-refractivity contribution in [2.24, 2.45) is 0 Å². The quantitative estimate of drug-likeness (QED) is 0.837. The number of aromatic nitrogens is 2. The highest BCUT2D eigenvalue weighted by molar-refractivity contribution is 5.79. The fraction of sp³-hybridized carbons (Fsp3) is 0.533. The van der Waals surface area contributed by atoms with Crippen molar-refractivity contribution in [3.63, 3.8) is 0 Å². The number of hydrogen-bond acceptors (Lipinski definition) is 2. The molecule has 1 fully saturated rings. The Hall–Kier alpha value is -1.35. The number of hydrogen-bond donors (Lipinski definition) is 1. The molecule has 1 heterocycles. The van der Waals surface area contributed by atoms with E-state index in [0.717, 1.165) is 12.8 Å². The molecule has 1 aliphatic carbocycles. The van der Waals surface area contributed by atoms with Gasteiger partial charge in [0, 0.05) is 5.39 Å². The molecule has 0 amide bonds. The summed E-state index contributed by atoms with van der Waals surface area (Å²) in [5.74, 6) is 0. The average Bonchev–Trinajstić information content (AvgIpc) is 2.66. The molecule has 1 aromatic heterocycles. The topological polar surface area (TPSA) is 38.0 Å². The van der Waals surface area contributed by atoms with Crippen molar-refractivity contribution >= 4 is 10.9 Å². The summed E-state index contributed by atoms with van der Waals surface area (Å²) in [5.41, 5.74) is 2.68. The van der Waals surface area contributed by atoms with Gasteiger partial charge in [-0.3, -0.25) is 4.68 Å². The summed E-state index contributed by atoms with van der Waals surface area (Å²) in [6, 6.07) is 6.94. The monoisotopic (exact) mass is 244 g/mol. The molecule has 0 saturated heterocycles. The fourth-order valence-electron chi connectivity index (χ4n) is 2.55. The van der Waals surface area contributed by atoms with Crippen LogP contribution in [0.3, 0.4) is 0 Å². The first-order valence-corrected chi connectivity index (χ1v) is 6.61. The zero-order valence-corrected chi connectivity index (χ0v) is 11.2. The van der Waals surface area contributed by atoms with Crippen molar-refractivity contribution in [1.82, 2.24) is 9.78 Å². The maximum atomic E-state index is 9.43. The highest BCUT2D eigenvalue weighted by atomic mass is 16.3. The van der Waals surface area contributed by atoms with Crippen LogP contribution in [0.1, 0.15) is 45.2 Å². The van der Waals surface area contributed by atoms with Gasteiger partial charge in [0.05, 0.1) is 23.9 Å². The van der Waals surface area contributed by atoms with Gasteiger partial charge >= 0.3 is 0 Å². The molecule has 2 aromatic rings. The molecular formula is C15H20N2O. The van der Waals surface area contributed by atoms with Gasteiger partial charge < -0.3 is 5.11 Å². The van der Waals surface area contributed by atoms with Crippen LogP contribution < -0.4 is 0 Å². The molecule has 0 bridgehead atoms. The Balaban J connectivity index is 2.05. The van der Waals surface area contributed by atoms with E-state index in [1.165, 1.54) is 16.5 Å². The Labute approximate surface area is 107 Å². The van der Waals surface area contributed by atoms with Gasteiger partial charge in [-0.2, -0.15) is 5.10 Å². The zero-order valence-electron chi connectivity index (χ0n) is 11.2. The van der Waals surface area contributed by atoms with Crippen LogP contribution in [0.5, 0.6) is 0 Å². The molecule has 0 atom stereocenters. The first-order chi connectivity index (χ1) is 8.45. The van der Waals surface area contributed by atoms with Crippen LogP contribution in [0.2, 0.25) is 0 Å². The first kappa shape index (κ1) is 11.7. The summed E-state index contributed by atoms with van der Waals surface area (Å²) in [5, 5.41) is 15.1. The third-order valence-corrected chi connectivity index (χ3v) is 3.90. The van der Waals surface area contributed by atoms with E-state index >= 15 is 0 Å². The van der Waals surface area contributed by atoms with Crippen LogP contribution >= 0.6 is 0 Å². The van der Waals surface area contributed by atoms with Gasteiger partial charge in [-0.15, -0.1) is 0 Å². The molecule has 0 aliphatic heterocycles. The van der Waals surface area contributed by atoms with Crippen molar-refractivity contribution in [3.8, 4) is 0 Å². The maximum absolute atomic E-state index is 9.43. The van der Waals surface area contributed by atoms with Gasteiger partial charge in [-0.05, 0) is 29.9 Å². The number of aliphatic hydroxyl groups excluding tert-OH is 1. The minimum atomic E-state index is -0.139. The molecule has 0 spiro atoms. The third kappa shape index (κ3) is 1.83. The first-order valence-electron chi connectivity index (χ1n) is 6.61. The standard InChI is InChI=1S/C15H20N2O/c1-15(2,3)11-5-4-10-9-16-17(14(10)6-11)12-7-13(18)8-12/h4-6,9,12-13,18H,7-8H2,1-3H3. The van der Waals surface area contributed by atoms with E-state index in [1.54, 1.807) is 0 Å².